The summed E-state index contributed by atoms with van der Waals surface area (Å²) in [7, 11) is 0. The minimum atomic E-state index is -0.268. The van der Waals surface area contributed by atoms with E-state index in [1.807, 2.05) is 11.8 Å². The summed E-state index contributed by atoms with van der Waals surface area (Å²) in [5, 5.41) is 3.11. The number of nitrogens with one attached hydrogen (secondary N) is 1. The lowest BCUT2D eigenvalue weighted by Gasteiger charge is -2.25. The van der Waals surface area contributed by atoms with Gasteiger partial charge in [0, 0.05) is 22.2 Å². The summed E-state index contributed by atoms with van der Waals surface area (Å²) in [5.41, 5.74) is 1.19. The first-order valence-electron chi connectivity index (χ1n) is 8.15. The van der Waals surface area contributed by atoms with Crippen molar-refractivity contribution in [1.82, 2.24) is 10.2 Å². The van der Waals surface area contributed by atoms with E-state index < -0.39 is 0 Å². The van der Waals surface area contributed by atoms with Crippen LogP contribution in [-0.4, -0.2) is 29.3 Å². The summed E-state index contributed by atoms with van der Waals surface area (Å²) in [4.78, 5) is 29.2. The molecule has 1 aliphatic carbocycles. The van der Waals surface area contributed by atoms with Crippen molar-refractivity contribution < 1.29 is 9.59 Å². The van der Waals surface area contributed by atoms with Crippen LogP contribution in [0.1, 0.15) is 54.0 Å². The molecule has 1 saturated heterocycles. The van der Waals surface area contributed by atoms with Gasteiger partial charge in [0.2, 0.25) is 11.8 Å². The van der Waals surface area contributed by atoms with E-state index in [1.165, 1.54) is 15.3 Å². The monoisotopic (exact) mass is 320 g/mol. The Labute approximate surface area is 135 Å². The van der Waals surface area contributed by atoms with Crippen LogP contribution in [0.5, 0.6) is 0 Å². The van der Waals surface area contributed by atoms with Gasteiger partial charge in [-0.3, -0.25) is 9.59 Å². The molecule has 1 aliphatic heterocycles. The summed E-state index contributed by atoms with van der Waals surface area (Å²) in [6.45, 7) is 6.93. The molecule has 4 nitrogen and oxygen atoms in total. The minimum absolute atomic E-state index is 0.00209. The van der Waals surface area contributed by atoms with Crippen LogP contribution in [0, 0.1) is 19.8 Å². The number of carbonyl (C=O) groups excluding carboxylic acids is 2. The summed E-state index contributed by atoms with van der Waals surface area (Å²) >= 11 is 1.76. The highest BCUT2D eigenvalue weighted by Gasteiger charge is 2.41. The molecule has 2 aliphatic rings. The molecule has 1 N–H and O–H groups in total. The van der Waals surface area contributed by atoms with E-state index in [1.54, 1.807) is 11.3 Å². The molecule has 2 atom stereocenters. The van der Waals surface area contributed by atoms with E-state index in [2.05, 4.69) is 25.2 Å². The normalized spacial score (nSPS) is 22.7. The molecular formula is C17H24N2O2S. The van der Waals surface area contributed by atoms with Crippen LogP contribution in [0.4, 0.5) is 0 Å². The molecule has 2 unspecified atom stereocenters. The molecule has 0 aromatic carbocycles. The zero-order valence-corrected chi connectivity index (χ0v) is 14.3. The lowest BCUT2D eigenvalue weighted by Crippen LogP contribution is -2.47. The summed E-state index contributed by atoms with van der Waals surface area (Å²) in [5.74, 6) is 0.378. The van der Waals surface area contributed by atoms with E-state index in [-0.39, 0.29) is 29.8 Å². The molecular weight excluding hydrogens is 296 g/mol. The van der Waals surface area contributed by atoms with Crippen molar-refractivity contribution in [2.24, 2.45) is 5.92 Å². The van der Waals surface area contributed by atoms with Gasteiger partial charge in [0.15, 0.2) is 0 Å². The van der Waals surface area contributed by atoms with Crippen molar-refractivity contribution in [1.29, 1.82) is 0 Å². The van der Waals surface area contributed by atoms with Gasteiger partial charge in [-0.25, -0.2) is 0 Å². The number of hydrogen-bond donors (Lipinski definition) is 1. The van der Waals surface area contributed by atoms with Crippen molar-refractivity contribution >= 4 is 23.2 Å². The first-order valence-corrected chi connectivity index (χ1v) is 8.97. The summed E-state index contributed by atoms with van der Waals surface area (Å²) in [6.07, 6.45) is 3.71. The number of carbonyl (C=O) groups is 2. The van der Waals surface area contributed by atoms with Gasteiger partial charge in [0.1, 0.15) is 6.04 Å². The van der Waals surface area contributed by atoms with E-state index in [0.29, 0.717) is 0 Å². The van der Waals surface area contributed by atoms with Crippen molar-refractivity contribution in [2.75, 3.05) is 6.54 Å². The number of hydrogen-bond acceptors (Lipinski definition) is 3. The first-order chi connectivity index (χ1) is 10.5. The zero-order valence-electron chi connectivity index (χ0n) is 13.5. The van der Waals surface area contributed by atoms with Crippen LogP contribution in [0.15, 0.2) is 6.07 Å². The van der Waals surface area contributed by atoms with Crippen LogP contribution in [0.3, 0.4) is 0 Å². The predicted octanol–water partition coefficient (Wildman–Crippen LogP) is 2.94. The van der Waals surface area contributed by atoms with Gasteiger partial charge in [-0.1, -0.05) is 0 Å². The number of nitrogens with zero attached hydrogens (tertiary/aromatic N) is 1. The third-order valence-corrected chi connectivity index (χ3v) is 5.65. The van der Waals surface area contributed by atoms with Crippen LogP contribution < -0.4 is 5.32 Å². The fourth-order valence-corrected chi connectivity index (χ4v) is 4.36. The van der Waals surface area contributed by atoms with Crippen LogP contribution >= 0.6 is 11.3 Å². The average Bonchev–Trinajstić information content (AvgIpc) is 3.09. The highest BCUT2D eigenvalue weighted by Crippen LogP contribution is 2.34. The number of amides is 2. The number of rotatable bonds is 4. The number of likely N-dealkylation sites (tertiary alicyclic amines) is 1. The molecule has 120 valence electrons. The minimum Gasteiger partial charge on any atom is -0.348 e. The largest absolute Gasteiger partial charge is 0.348 e. The first kappa shape index (κ1) is 15.5. The Morgan fingerprint density at radius 3 is 2.64 bits per heavy atom. The van der Waals surface area contributed by atoms with Crippen LogP contribution in [0.2, 0.25) is 0 Å². The Morgan fingerprint density at radius 1 is 1.32 bits per heavy atom. The van der Waals surface area contributed by atoms with Gasteiger partial charge in [-0.2, -0.15) is 0 Å². The lowest BCUT2D eigenvalue weighted by molar-refractivity contribution is -0.139. The molecule has 2 amide bonds. The Bertz CT molecular complexity index is 591. The van der Waals surface area contributed by atoms with Crippen molar-refractivity contribution in [2.45, 2.75) is 58.5 Å². The van der Waals surface area contributed by atoms with Gasteiger partial charge < -0.3 is 10.2 Å². The molecule has 1 aromatic heterocycles. The SMILES string of the molecule is Cc1cc(C(C)NC(=O)C2CCCN2C(=O)C2CC2)c(C)s1. The smallest absolute Gasteiger partial charge is 0.243 e. The quantitative estimate of drug-likeness (QED) is 0.927. The Morgan fingerprint density at radius 2 is 2.05 bits per heavy atom. The van der Waals surface area contributed by atoms with Crippen molar-refractivity contribution in [3.63, 3.8) is 0 Å². The molecule has 2 heterocycles. The van der Waals surface area contributed by atoms with Crippen LogP contribution in [0.25, 0.3) is 0 Å². The number of aryl methyl sites for hydroxylation is 2. The Kier molecular flexibility index (Phi) is 4.26. The second-order valence-corrected chi connectivity index (χ2v) is 8.02. The third-order valence-electron chi connectivity index (χ3n) is 4.67. The zero-order chi connectivity index (χ0) is 15.9. The standard InChI is InChI=1S/C17H24N2O2S/c1-10-9-14(12(3)22-10)11(2)18-16(20)15-5-4-8-19(15)17(21)13-6-7-13/h9,11,13,15H,4-8H2,1-3H3,(H,18,20). The van der Waals surface area contributed by atoms with Gasteiger partial charge in [0.05, 0.1) is 6.04 Å². The summed E-state index contributed by atoms with van der Waals surface area (Å²) in [6, 6.07) is 1.87. The maximum Gasteiger partial charge on any atom is 0.243 e. The topological polar surface area (TPSA) is 49.4 Å². The Hall–Kier alpha value is -1.36. The second-order valence-electron chi connectivity index (χ2n) is 6.56. The molecule has 0 bridgehead atoms. The molecule has 0 spiro atoms. The van der Waals surface area contributed by atoms with E-state index >= 15 is 0 Å². The van der Waals surface area contributed by atoms with Crippen molar-refractivity contribution in [3.8, 4) is 0 Å². The van der Waals surface area contributed by atoms with Gasteiger partial charge in [-0.05, 0) is 58.1 Å². The number of thiophene rings is 1. The molecule has 2 fully saturated rings. The fourth-order valence-electron chi connectivity index (χ4n) is 3.34. The van der Waals surface area contributed by atoms with E-state index in [0.717, 1.165) is 32.2 Å². The predicted molar refractivity (Wildman–Crippen MR) is 87.8 cm³/mol. The Balaban J connectivity index is 1.65. The highest BCUT2D eigenvalue weighted by molar-refractivity contribution is 7.12. The fraction of sp³-hybridized carbons (Fsp3) is 0.647. The van der Waals surface area contributed by atoms with Gasteiger partial charge >= 0.3 is 0 Å². The average molecular weight is 320 g/mol. The molecule has 0 radical (unpaired) electrons. The van der Waals surface area contributed by atoms with Gasteiger partial charge in [-0.15, -0.1) is 11.3 Å². The molecule has 5 heteroatoms. The maximum atomic E-state index is 12.6. The molecule has 3 rings (SSSR count). The van der Waals surface area contributed by atoms with Gasteiger partial charge in [0.25, 0.3) is 0 Å². The molecule has 22 heavy (non-hydrogen) atoms. The van der Waals surface area contributed by atoms with Crippen molar-refractivity contribution in [3.05, 3.63) is 21.4 Å². The lowest BCUT2D eigenvalue weighted by atomic mass is 10.1. The maximum absolute atomic E-state index is 12.6. The van der Waals surface area contributed by atoms with E-state index in [4.69, 9.17) is 0 Å². The third kappa shape index (κ3) is 3.05. The molecule has 1 saturated carbocycles. The van der Waals surface area contributed by atoms with E-state index in [9.17, 15) is 9.59 Å². The van der Waals surface area contributed by atoms with Crippen LogP contribution in [-0.2, 0) is 9.59 Å². The summed E-state index contributed by atoms with van der Waals surface area (Å²) < 4.78 is 0. The highest BCUT2D eigenvalue weighted by atomic mass is 32.1. The molecule has 1 aromatic rings. The second kappa shape index (κ2) is 6.03.